The van der Waals surface area contributed by atoms with E-state index in [0.717, 1.165) is 5.56 Å². The fraction of sp³-hybridized carbons (Fsp3) is 0.400. The highest BCUT2D eigenvalue weighted by molar-refractivity contribution is 6.39. The summed E-state index contributed by atoms with van der Waals surface area (Å²) in [6, 6.07) is 7.01. The maximum absolute atomic E-state index is 11.7. The molecule has 3 amide bonds. The second-order valence-electron chi connectivity index (χ2n) is 4.59. The monoisotopic (exact) mass is 307 g/mol. The number of likely N-dealkylation sites (N-methyl/N-ethyl adjacent to an activating group) is 1. The quantitative estimate of drug-likeness (QED) is 0.670. The van der Waals surface area contributed by atoms with Crippen molar-refractivity contribution in [1.82, 2.24) is 10.6 Å². The van der Waals surface area contributed by atoms with Crippen LogP contribution in [0.2, 0.25) is 0 Å². The summed E-state index contributed by atoms with van der Waals surface area (Å²) in [6.07, 6.45) is -0.122. The summed E-state index contributed by atoms with van der Waals surface area (Å²) in [5, 5.41) is 7.24. The van der Waals surface area contributed by atoms with Gasteiger partial charge >= 0.3 is 11.8 Å². The highest BCUT2D eigenvalue weighted by atomic mass is 16.5. The van der Waals surface area contributed by atoms with Gasteiger partial charge in [-0.05, 0) is 31.5 Å². The van der Waals surface area contributed by atoms with Crippen molar-refractivity contribution in [2.75, 3.05) is 25.5 Å². The fourth-order valence-electron chi connectivity index (χ4n) is 1.69. The molecule has 22 heavy (non-hydrogen) atoms. The molecule has 0 fully saturated rings. The zero-order valence-electron chi connectivity index (χ0n) is 12.9. The average Bonchev–Trinajstić information content (AvgIpc) is 2.52. The molecular formula is C15H21N3O4. The standard InChI is InChI=1S/C15H21N3O4/c1-4-16-13(19)9-17-14(20)15(21)18-12-7-5-6-11(8-12)10(2)22-3/h5-8,10H,4,9H2,1-3H3,(H,16,19)(H,17,20)(H,18,21)/t10-/m1/s1. The molecule has 0 aliphatic rings. The molecule has 0 spiro atoms. The van der Waals surface area contributed by atoms with Gasteiger partial charge in [-0.15, -0.1) is 0 Å². The lowest BCUT2D eigenvalue weighted by molar-refractivity contribution is -0.136. The predicted molar refractivity (Wildman–Crippen MR) is 82.2 cm³/mol. The van der Waals surface area contributed by atoms with Crippen LogP contribution in [-0.2, 0) is 19.1 Å². The highest BCUT2D eigenvalue weighted by Crippen LogP contribution is 2.19. The van der Waals surface area contributed by atoms with Gasteiger partial charge in [-0.25, -0.2) is 0 Å². The molecule has 0 saturated carbocycles. The fourth-order valence-corrected chi connectivity index (χ4v) is 1.69. The van der Waals surface area contributed by atoms with Crippen molar-refractivity contribution in [3.63, 3.8) is 0 Å². The Hall–Kier alpha value is -2.41. The maximum Gasteiger partial charge on any atom is 0.313 e. The SMILES string of the molecule is CCNC(=O)CNC(=O)C(=O)Nc1cccc([C@@H](C)OC)c1. The van der Waals surface area contributed by atoms with E-state index in [0.29, 0.717) is 12.2 Å². The topological polar surface area (TPSA) is 96.5 Å². The number of nitrogens with one attached hydrogen (secondary N) is 3. The number of ether oxygens (including phenoxy) is 1. The molecule has 3 N–H and O–H groups in total. The lowest BCUT2D eigenvalue weighted by Gasteiger charge is -2.12. The molecule has 0 unspecified atom stereocenters. The summed E-state index contributed by atoms with van der Waals surface area (Å²) in [4.78, 5) is 34.6. The molecule has 120 valence electrons. The molecular weight excluding hydrogens is 286 g/mol. The van der Waals surface area contributed by atoms with Crippen LogP contribution < -0.4 is 16.0 Å². The summed E-state index contributed by atoms with van der Waals surface area (Å²) < 4.78 is 5.20. The highest BCUT2D eigenvalue weighted by Gasteiger charge is 2.15. The van der Waals surface area contributed by atoms with Crippen molar-refractivity contribution < 1.29 is 19.1 Å². The average molecular weight is 307 g/mol. The smallest absolute Gasteiger partial charge is 0.313 e. The Morgan fingerprint density at radius 3 is 2.55 bits per heavy atom. The number of hydrogen-bond acceptors (Lipinski definition) is 4. The van der Waals surface area contributed by atoms with Crippen molar-refractivity contribution in [3.05, 3.63) is 29.8 Å². The zero-order valence-corrected chi connectivity index (χ0v) is 12.9. The molecule has 7 heteroatoms. The van der Waals surface area contributed by atoms with Gasteiger partial charge in [-0.3, -0.25) is 14.4 Å². The van der Waals surface area contributed by atoms with Gasteiger partial charge in [0.1, 0.15) is 0 Å². The number of rotatable bonds is 6. The first-order valence-electron chi connectivity index (χ1n) is 6.96. The number of benzene rings is 1. The molecule has 1 rings (SSSR count). The van der Waals surface area contributed by atoms with E-state index >= 15 is 0 Å². The molecule has 0 aliphatic heterocycles. The van der Waals surface area contributed by atoms with Crippen LogP contribution >= 0.6 is 0 Å². The van der Waals surface area contributed by atoms with Crippen molar-refractivity contribution in [1.29, 1.82) is 0 Å². The molecule has 0 saturated heterocycles. The van der Waals surface area contributed by atoms with E-state index in [-0.39, 0.29) is 18.6 Å². The summed E-state index contributed by atoms with van der Waals surface area (Å²) in [5.41, 5.74) is 1.36. The summed E-state index contributed by atoms with van der Waals surface area (Å²) in [7, 11) is 1.59. The third-order valence-electron chi connectivity index (χ3n) is 2.96. The molecule has 7 nitrogen and oxygen atoms in total. The third-order valence-corrected chi connectivity index (χ3v) is 2.96. The van der Waals surface area contributed by atoms with Crippen molar-refractivity contribution in [3.8, 4) is 0 Å². The van der Waals surface area contributed by atoms with E-state index in [1.807, 2.05) is 13.0 Å². The first-order chi connectivity index (χ1) is 10.5. The van der Waals surface area contributed by atoms with Crippen LogP contribution in [0.1, 0.15) is 25.5 Å². The Labute approximate surface area is 129 Å². The van der Waals surface area contributed by atoms with Gasteiger partial charge in [0.15, 0.2) is 0 Å². The van der Waals surface area contributed by atoms with Gasteiger partial charge < -0.3 is 20.7 Å². The van der Waals surface area contributed by atoms with E-state index in [2.05, 4.69) is 16.0 Å². The summed E-state index contributed by atoms with van der Waals surface area (Å²) in [5.74, 6) is -2.04. The van der Waals surface area contributed by atoms with E-state index in [9.17, 15) is 14.4 Å². The Morgan fingerprint density at radius 1 is 1.18 bits per heavy atom. The summed E-state index contributed by atoms with van der Waals surface area (Å²) in [6.45, 7) is 3.87. The molecule has 0 aromatic heterocycles. The van der Waals surface area contributed by atoms with Crippen LogP contribution in [0.3, 0.4) is 0 Å². The van der Waals surface area contributed by atoms with E-state index in [1.165, 1.54) is 0 Å². The normalized spacial score (nSPS) is 11.4. The van der Waals surface area contributed by atoms with E-state index in [4.69, 9.17) is 4.74 Å². The van der Waals surface area contributed by atoms with Crippen LogP contribution in [0.5, 0.6) is 0 Å². The van der Waals surface area contributed by atoms with E-state index in [1.54, 1.807) is 32.2 Å². The largest absolute Gasteiger partial charge is 0.377 e. The minimum Gasteiger partial charge on any atom is -0.377 e. The van der Waals surface area contributed by atoms with Crippen molar-refractivity contribution in [2.45, 2.75) is 20.0 Å². The third kappa shape index (κ3) is 5.53. The van der Waals surface area contributed by atoms with Crippen LogP contribution in [-0.4, -0.2) is 37.9 Å². The minimum atomic E-state index is -0.864. The second kappa shape index (κ2) is 8.78. The van der Waals surface area contributed by atoms with Gasteiger partial charge in [0, 0.05) is 19.3 Å². The zero-order chi connectivity index (χ0) is 16.5. The number of carbonyl (C=O) groups excluding carboxylic acids is 3. The Balaban J connectivity index is 2.57. The van der Waals surface area contributed by atoms with Gasteiger partial charge in [0.2, 0.25) is 5.91 Å². The molecule has 0 aliphatic carbocycles. The minimum absolute atomic E-state index is 0.122. The Bertz CT molecular complexity index is 545. The van der Waals surface area contributed by atoms with Gasteiger partial charge in [0.25, 0.3) is 0 Å². The lowest BCUT2D eigenvalue weighted by atomic mass is 10.1. The Kier molecular flexibility index (Phi) is 7.04. The van der Waals surface area contributed by atoms with Gasteiger partial charge in [-0.2, -0.15) is 0 Å². The van der Waals surface area contributed by atoms with Crippen molar-refractivity contribution >= 4 is 23.4 Å². The van der Waals surface area contributed by atoms with Crippen LogP contribution in [0, 0.1) is 0 Å². The maximum atomic E-state index is 11.7. The molecule has 1 atom stereocenters. The Morgan fingerprint density at radius 2 is 1.91 bits per heavy atom. The van der Waals surface area contributed by atoms with Crippen LogP contribution in [0.15, 0.2) is 24.3 Å². The van der Waals surface area contributed by atoms with Gasteiger partial charge in [0.05, 0.1) is 12.6 Å². The predicted octanol–water partition coefficient (Wildman–Crippen LogP) is 0.585. The first-order valence-corrected chi connectivity index (χ1v) is 6.96. The van der Waals surface area contributed by atoms with E-state index < -0.39 is 11.8 Å². The van der Waals surface area contributed by atoms with Crippen LogP contribution in [0.4, 0.5) is 5.69 Å². The lowest BCUT2D eigenvalue weighted by Crippen LogP contribution is -2.41. The molecule has 1 aromatic carbocycles. The number of methoxy groups -OCH3 is 1. The molecule has 1 aromatic rings. The molecule has 0 bridgehead atoms. The first kappa shape index (κ1) is 17.6. The van der Waals surface area contributed by atoms with Crippen molar-refractivity contribution in [2.24, 2.45) is 0 Å². The second-order valence-corrected chi connectivity index (χ2v) is 4.59. The number of carbonyl (C=O) groups is 3. The number of amides is 3. The van der Waals surface area contributed by atoms with Crippen LogP contribution in [0.25, 0.3) is 0 Å². The van der Waals surface area contributed by atoms with Gasteiger partial charge in [-0.1, -0.05) is 12.1 Å². The molecule has 0 radical (unpaired) electrons. The summed E-state index contributed by atoms with van der Waals surface area (Å²) >= 11 is 0. The molecule has 0 heterocycles. The number of hydrogen-bond donors (Lipinski definition) is 3. The number of anilines is 1.